The summed E-state index contributed by atoms with van der Waals surface area (Å²) in [5, 5.41) is 0.815. The standard InChI is InChI=1S/C15H22ClN3S/c16-13-2-1-3-14(10-13)18-5-7-19(8-6-18)15(11-17)4-9-20-12-15/h1-3,10H,4-9,11-12,17H2. The molecule has 0 amide bonds. The van der Waals surface area contributed by atoms with Gasteiger partial charge < -0.3 is 10.6 Å². The van der Waals surface area contributed by atoms with Gasteiger partial charge in [0.25, 0.3) is 0 Å². The molecule has 110 valence electrons. The maximum absolute atomic E-state index is 6.08. The van der Waals surface area contributed by atoms with E-state index in [1.54, 1.807) is 0 Å². The molecule has 0 radical (unpaired) electrons. The van der Waals surface area contributed by atoms with E-state index in [-0.39, 0.29) is 5.54 Å². The van der Waals surface area contributed by atoms with Gasteiger partial charge in [-0.05, 0) is 30.4 Å². The monoisotopic (exact) mass is 311 g/mol. The number of anilines is 1. The van der Waals surface area contributed by atoms with Crippen LogP contribution < -0.4 is 10.6 Å². The number of thioether (sulfide) groups is 1. The van der Waals surface area contributed by atoms with Gasteiger partial charge in [0, 0.05) is 54.7 Å². The van der Waals surface area contributed by atoms with Crippen molar-refractivity contribution < 1.29 is 0 Å². The van der Waals surface area contributed by atoms with Gasteiger partial charge in [-0.25, -0.2) is 0 Å². The Hall–Kier alpha value is -0.420. The van der Waals surface area contributed by atoms with Crippen LogP contribution in [0.25, 0.3) is 0 Å². The molecule has 1 unspecified atom stereocenters. The molecule has 5 heteroatoms. The van der Waals surface area contributed by atoms with E-state index in [0.717, 1.165) is 37.7 Å². The van der Waals surface area contributed by atoms with E-state index in [2.05, 4.69) is 21.9 Å². The summed E-state index contributed by atoms with van der Waals surface area (Å²) in [6.07, 6.45) is 1.24. The fourth-order valence-electron chi connectivity index (χ4n) is 3.25. The smallest absolute Gasteiger partial charge is 0.0431 e. The van der Waals surface area contributed by atoms with Crippen LogP contribution in [-0.2, 0) is 0 Å². The van der Waals surface area contributed by atoms with Crippen molar-refractivity contribution in [3.05, 3.63) is 29.3 Å². The molecule has 0 aromatic heterocycles. The normalized spacial score (nSPS) is 28.0. The third-order valence-corrected chi connectivity index (χ3v) is 6.06. The number of piperazine rings is 1. The fraction of sp³-hybridized carbons (Fsp3) is 0.600. The van der Waals surface area contributed by atoms with Crippen molar-refractivity contribution >= 4 is 29.1 Å². The molecule has 0 spiro atoms. The molecule has 2 aliphatic heterocycles. The molecule has 0 aliphatic carbocycles. The van der Waals surface area contributed by atoms with Crippen molar-refractivity contribution in [3.63, 3.8) is 0 Å². The van der Waals surface area contributed by atoms with Gasteiger partial charge in [-0.15, -0.1) is 0 Å². The first-order chi connectivity index (χ1) is 9.73. The number of nitrogens with zero attached hydrogens (tertiary/aromatic N) is 2. The third-order valence-electron chi connectivity index (χ3n) is 4.59. The molecule has 3 nitrogen and oxygen atoms in total. The summed E-state index contributed by atoms with van der Waals surface area (Å²) < 4.78 is 0. The first-order valence-corrected chi connectivity index (χ1v) is 8.80. The zero-order valence-corrected chi connectivity index (χ0v) is 13.3. The van der Waals surface area contributed by atoms with Crippen molar-refractivity contribution in [1.82, 2.24) is 4.90 Å². The van der Waals surface area contributed by atoms with Crippen molar-refractivity contribution in [2.24, 2.45) is 5.73 Å². The molecular weight excluding hydrogens is 290 g/mol. The highest BCUT2D eigenvalue weighted by Gasteiger charge is 2.40. The topological polar surface area (TPSA) is 32.5 Å². The molecule has 1 atom stereocenters. The van der Waals surface area contributed by atoms with Crippen LogP contribution in [0.3, 0.4) is 0 Å². The maximum atomic E-state index is 6.08. The van der Waals surface area contributed by atoms with Gasteiger partial charge in [0.1, 0.15) is 0 Å². The number of halogens is 1. The van der Waals surface area contributed by atoms with Crippen molar-refractivity contribution in [3.8, 4) is 0 Å². The highest BCUT2D eigenvalue weighted by atomic mass is 35.5. The molecule has 1 aromatic carbocycles. The molecule has 20 heavy (non-hydrogen) atoms. The van der Waals surface area contributed by atoms with Crippen LogP contribution in [0.4, 0.5) is 5.69 Å². The van der Waals surface area contributed by atoms with E-state index in [0.29, 0.717) is 0 Å². The van der Waals surface area contributed by atoms with Crippen LogP contribution >= 0.6 is 23.4 Å². The minimum atomic E-state index is 0.255. The van der Waals surface area contributed by atoms with Crippen LogP contribution in [0.15, 0.2) is 24.3 Å². The van der Waals surface area contributed by atoms with Gasteiger partial charge in [-0.3, -0.25) is 4.90 Å². The Kier molecular flexibility index (Phi) is 4.46. The van der Waals surface area contributed by atoms with Crippen molar-refractivity contribution in [2.75, 3.05) is 49.1 Å². The van der Waals surface area contributed by atoms with Crippen molar-refractivity contribution in [2.45, 2.75) is 12.0 Å². The minimum absolute atomic E-state index is 0.255. The predicted molar refractivity (Wildman–Crippen MR) is 89.0 cm³/mol. The highest BCUT2D eigenvalue weighted by molar-refractivity contribution is 7.99. The Morgan fingerprint density at radius 3 is 2.65 bits per heavy atom. The van der Waals surface area contributed by atoms with Gasteiger partial charge >= 0.3 is 0 Å². The number of hydrogen-bond donors (Lipinski definition) is 1. The summed E-state index contributed by atoms with van der Waals surface area (Å²) in [7, 11) is 0. The summed E-state index contributed by atoms with van der Waals surface area (Å²) in [5.41, 5.74) is 7.57. The third kappa shape index (κ3) is 2.80. The Bertz CT molecular complexity index is 454. The SMILES string of the molecule is NCC1(N2CCN(c3cccc(Cl)c3)CC2)CCSC1. The number of rotatable bonds is 3. The van der Waals surface area contributed by atoms with E-state index in [9.17, 15) is 0 Å². The van der Waals surface area contributed by atoms with Crippen LogP contribution in [0.5, 0.6) is 0 Å². The largest absolute Gasteiger partial charge is 0.369 e. The fourth-order valence-corrected chi connectivity index (χ4v) is 4.93. The zero-order chi connectivity index (χ0) is 14.0. The first kappa shape index (κ1) is 14.5. The molecule has 2 fully saturated rings. The van der Waals surface area contributed by atoms with E-state index >= 15 is 0 Å². The highest BCUT2D eigenvalue weighted by Crippen LogP contribution is 2.33. The van der Waals surface area contributed by atoms with Crippen LogP contribution in [0.2, 0.25) is 5.02 Å². The van der Waals surface area contributed by atoms with Gasteiger partial charge in [0.05, 0.1) is 0 Å². The number of nitrogens with two attached hydrogens (primary N) is 1. The molecule has 2 N–H and O–H groups in total. The average Bonchev–Trinajstić information content (AvgIpc) is 2.98. The maximum Gasteiger partial charge on any atom is 0.0431 e. The Morgan fingerprint density at radius 1 is 1.25 bits per heavy atom. The molecule has 3 rings (SSSR count). The Balaban J connectivity index is 1.65. The summed E-state index contributed by atoms with van der Waals surface area (Å²) in [4.78, 5) is 5.04. The molecule has 0 saturated carbocycles. The van der Waals surface area contributed by atoms with E-state index in [4.69, 9.17) is 17.3 Å². The molecule has 2 heterocycles. The van der Waals surface area contributed by atoms with E-state index in [1.807, 2.05) is 23.9 Å². The molecule has 2 saturated heterocycles. The second-order valence-corrected chi connectivity index (χ2v) is 7.23. The quantitative estimate of drug-likeness (QED) is 0.928. The Morgan fingerprint density at radius 2 is 2.05 bits per heavy atom. The summed E-state index contributed by atoms with van der Waals surface area (Å²) in [6, 6.07) is 8.16. The number of hydrogen-bond acceptors (Lipinski definition) is 4. The lowest BCUT2D eigenvalue weighted by atomic mass is 9.95. The predicted octanol–water partition coefficient (Wildman–Crippen LogP) is 2.30. The van der Waals surface area contributed by atoms with Crippen LogP contribution in [0, 0.1) is 0 Å². The lowest BCUT2D eigenvalue weighted by molar-refractivity contribution is 0.109. The van der Waals surface area contributed by atoms with Gasteiger partial charge in [0.15, 0.2) is 0 Å². The summed E-state index contributed by atoms with van der Waals surface area (Å²) in [5.74, 6) is 2.45. The molecule has 1 aromatic rings. The van der Waals surface area contributed by atoms with Gasteiger partial charge in [-0.2, -0.15) is 11.8 Å². The first-order valence-electron chi connectivity index (χ1n) is 7.27. The van der Waals surface area contributed by atoms with E-state index in [1.165, 1.54) is 23.6 Å². The van der Waals surface area contributed by atoms with Gasteiger partial charge in [-0.1, -0.05) is 17.7 Å². The summed E-state index contributed by atoms with van der Waals surface area (Å²) in [6.45, 7) is 5.12. The average molecular weight is 312 g/mol. The van der Waals surface area contributed by atoms with E-state index < -0.39 is 0 Å². The second-order valence-electron chi connectivity index (χ2n) is 5.69. The van der Waals surface area contributed by atoms with Gasteiger partial charge in [0.2, 0.25) is 0 Å². The lowest BCUT2D eigenvalue weighted by Crippen LogP contribution is -2.60. The lowest BCUT2D eigenvalue weighted by Gasteiger charge is -2.45. The van der Waals surface area contributed by atoms with Crippen molar-refractivity contribution in [1.29, 1.82) is 0 Å². The molecule has 2 aliphatic rings. The zero-order valence-electron chi connectivity index (χ0n) is 11.7. The minimum Gasteiger partial charge on any atom is -0.369 e. The second kappa shape index (κ2) is 6.14. The number of benzene rings is 1. The van der Waals surface area contributed by atoms with Crippen LogP contribution in [-0.4, -0.2) is 54.7 Å². The molecule has 0 bridgehead atoms. The Labute approximate surface area is 130 Å². The van der Waals surface area contributed by atoms with Crippen LogP contribution in [0.1, 0.15) is 6.42 Å². The summed E-state index contributed by atoms with van der Waals surface area (Å²) >= 11 is 8.13. The molecular formula is C15H22ClN3S.